The van der Waals surface area contributed by atoms with Crippen LogP contribution in [-0.2, 0) is 32.7 Å². The molecule has 0 fully saturated rings. The van der Waals surface area contributed by atoms with E-state index in [0.29, 0.717) is 18.1 Å². The highest BCUT2D eigenvalue weighted by molar-refractivity contribution is 5.86. The maximum atomic E-state index is 13.2. The van der Waals surface area contributed by atoms with Crippen LogP contribution in [0.1, 0.15) is 41.4 Å². The highest BCUT2D eigenvalue weighted by Crippen LogP contribution is 2.44. The Labute approximate surface area is 205 Å². The summed E-state index contributed by atoms with van der Waals surface area (Å²) in [6, 6.07) is 19.2. The molecule has 1 unspecified atom stereocenters. The lowest BCUT2D eigenvalue weighted by atomic mass is 9.85. The Bertz CT molecular complexity index is 1360. The molecular weight excluding hydrogens is 443 g/mol. The molecule has 3 aromatic carbocycles. The van der Waals surface area contributed by atoms with Crippen molar-refractivity contribution < 1.29 is 19.0 Å². The molecule has 1 aromatic heterocycles. The minimum atomic E-state index is -0.252. The molecule has 0 radical (unpaired) electrons. The van der Waals surface area contributed by atoms with Gasteiger partial charge in [0.15, 0.2) is 11.5 Å². The van der Waals surface area contributed by atoms with E-state index < -0.39 is 0 Å². The van der Waals surface area contributed by atoms with Crippen LogP contribution in [0.15, 0.2) is 60.7 Å². The van der Waals surface area contributed by atoms with E-state index in [9.17, 15) is 9.50 Å². The summed E-state index contributed by atoms with van der Waals surface area (Å²) in [6.45, 7) is 2.12. The second-order valence-corrected chi connectivity index (χ2v) is 9.07. The van der Waals surface area contributed by atoms with Crippen molar-refractivity contribution in [3.63, 3.8) is 0 Å². The predicted molar refractivity (Wildman–Crippen MR) is 135 cm³/mol. The molecule has 3 heterocycles. The zero-order valence-corrected chi connectivity index (χ0v) is 19.1. The number of nitrogens with zero attached hydrogens (tertiary/aromatic N) is 2. The zero-order valence-electron chi connectivity index (χ0n) is 19.1. The van der Waals surface area contributed by atoms with E-state index in [2.05, 4.69) is 35.2 Å². The number of aliphatic hydroxyl groups is 1. The lowest BCUT2D eigenvalue weighted by Gasteiger charge is -2.41. The maximum Gasteiger partial charge on any atom is 0.161 e. The Balaban J connectivity index is 0.00000253. The Morgan fingerprint density at radius 1 is 1.06 bits per heavy atom. The number of para-hydroxylation sites is 1. The lowest BCUT2D eigenvalue weighted by molar-refractivity contribution is 0.145. The van der Waals surface area contributed by atoms with Crippen molar-refractivity contribution >= 4 is 10.9 Å². The van der Waals surface area contributed by atoms with Crippen molar-refractivity contribution in [1.82, 2.24) is 9.47 Å². The Kier molecular flexibility index (Phi) is 6.26. The summed E-state index contributed by atoms with van der Waals surface area (Å²) < 4.78 is 27.1. The van der Waals surface area contributed by atoms with Crippen molar-refractivity contribution in [2.45, 2.75) is 46.2 Å². The summed E-state index contributed by atoms with van der Waals surface area (Å²) in [5.41, 5.74) is 7.11. The molecule has 0 spiro atoms. The zero-order chi connectivity index (χ0) is 23.2. The number of benzene rings is 3. The normalized spacial score (nSPS) is 16.7. The number of rotatable bonds is 5. The van der Waals surface area contributed by atoms with E-state index in [-0.39, 0.29) is 26.0 Å². The molecule has 5 nitrogen and oxygen atoms in total. The van der Waals surface area contributed by atoms with Gasteiger partial charge >= 0.3 is 0 Å². The summed E-state index contributed by atoms with van der Waals surface area (Å²) in [4.78, 5) is 2.51. The third-order valence-electron chi connectivity index (χ3n) is 7.29. The van der Waals surface area contributed by atoms with Crippen LogP contribution in [0.3, 0.4) is 0 Å². The first-order valence-electron chi connectivity index (χ1n) is 11.7. The number of ether oxygens (including phenoxy) is 2. The fourth-order valence-corrected chi connectivity index (χ4v) is 5.59. The van der Waals surface area contributed by atoms with Crippen LogP contribution in [0.4, 0.5) is 4.39 Å². The van der Waals surface area contributed by atoms with Gasteiger partial charge in [0.25, 0.3) is 0 Å². The van der Waals surface area contributed by atoms with Crippen molar-refractivity contribution in [3.8, 4) is 11.5 Å². The number of hydrogen-bond acceptors (Lipinski definition) is 4. The summed E-state index contributed by atoms with van der Waals surface area (Å²) >= 11 is 0. The minimum absolute atomic E-state index is 0. The van der Waals surface area contributed by atoms with Gasteiger partial charge in [-0.2, -0.15) is 0 Å². The van der Waals surface area contributed by atoms with Crippen molar-refractivity contribution in [3.05, 3.63) is 94.4 Å². The van der Waals surface area contributed by atoms with Gasteiger partial charge in [-0.15, -0.1) is 0 Å². The Morgan fingerprint density at radius 3 is 2.63 bits per heavy atom. The monoisotopic (exact) mass is 474 g/mol. The first-order chi connectivity index (χ1) is 16.7. The third-order valence-corrected chi connectivity index (χ3v) is 7.29. The molecule has 0 amide bonds. The number of fused-ring (bicyclic) bond motifs is 6. The highest BCUT2D eigenvalue weighted by atomic mass is 19.1. The average Bonchev–Trinajstić information content (AvgIpc) is 3.19. The summed E-state index contributed by atoms with van der Waals surface area (Å²) in [5, 5.41) is 11.3. The fourth-order valence-electron chi connectivity index (χ4n) is 5.59. The molecule has 182 valence electrons. The molecule has 6 rings (SSSR count). The van der Waals surface area contributed by atoms with Crippen LogP contribution >= 0.6 is 0 Å². The Hall–Kier alpha value is -3.35. The number of aliphatic hydroxyl groups excluding tert-OH is 1. The third kappa shape index (κ3) is 3.97. The van der Waals surface area contributed by atoms with Crippen LogP contribution in [0, 0.1) is 5.82 Å². The van der Waals surface area contributed by atoms with E-state index in [1.54, 1.807) is 19.2 Å². The molecule has 4 aromatic rings. The molecule has 0 aliphatic carbocycles. The quantitative estimate of drug-likeness (QED) is 0.409. The van der Waals surface area contributed by atoms with Crippen LogP contribution in [0.25, 0.3) is 10.9 Å². The standard InChI is InChI=1S/C28H27FN2O3.CH4/c1-33-27-14-22-19(12-28(27)34-16-18-6-8-20(29)9-7-18)10-11-30-15-26-23(13-25(22)30)21-4-2-3-5-24(21)31(26)17-32;/h2-9,12,14,25,32H,10-11,13,15-17H2,1H3;1H4. The van der Waals surface area contributed by atoms with Crippen LogP contribution in [-0.4, -0.2) is 28.2 Å². The summed E-state index contributed by atoms with van der Waals surface area (Å²) in [5.74, 6) is 1.18. The fraction of sp³-hybridized carbons (Fsp3) is 0.310. The first kappa shape index (κ1) is 23.4. The molecule has 2 aliphatic heterocycles. The predicted octanol–water partition coefficient (Wildman–Crippen LogP) is 5.61. The molecule has 0 saturated heterocycles. The second-order valence-electron chi connectivity index (χ2n) is 9.07. The van der Waals surface area contributed by atoms with E-state index >= 15 is 0 Å². The second kappa shape index (κ2) is 9.36. The number of aromatic nitrogens is 1. The van der Waals surface area contributed by atoms with Gasteiger partial charge in [-0.25, -0.2) is 4.39 Å². The summed E-state index contributed by atoms with van der Waals surface area (Å²) in [6.07, 6.45) is 1.83. The smallest absolute Gasteiger partial charge is 0.161 e. The maximum absolute atomic E-state index is 13.2. The average molecular weight is 475 g/mol. The van der Waals surface area contributed by atoms with Gasteiger partial charge in [0, 0.05) is 30.2 Å². The molecule has 2 aliphatic rings. The van der Waals surface area contributed by atoms with Gasteiger partial charge in [-0.3, -0.25) is 4.90 Å². The highest BCUT2D eigenvalue weighted by Gasteiger charge is 2.35. The minimum Gasteiger partial charge on any atom is -0.493 e. The van der Waals surface area contributed by atoms with Crippen molar-refractivity contribution in [2.75, 3.05) is 13.7 Å². The molecule has 35 heavy (non-hydrogen) atoms. The van der Waals surface area contributed by atoms with Gasteiger partial charge in [-0.05, 0) is 65.4 Å². The van der Waals surface area contributed by atoms with Gasteiger partial charge in [-0.1, -0.05) is 37.8 Å². The Morgan fingerprint density at radius 2 is 1.86 bits per heavy atom. The first-order valence-corrected chi connectivity index (χ1v) is 11.7. The molecule has 0 bridgehead atoms. The topological polar surface area (TPSA) is 46.9 Å². The van der Waals surface area contributed by atoms with E-state index in [1.165, 1.54) is 39.9 Å². The molecular formula is C29H31FN2O3. The number of methoxy groups -OCH3 is 1. The van der Waals surface area contributed by atoms with Crippen LogP contribution < -0.4 is 9.47 Å². The van der Waals surface area contributed by atoms with Crippen molar-refractivity contribution in [2.24, 2.45) is 0 Å². The van der Waals surface area contributed by atoms with Crippen LogP contribution in [0.2, 0.25) is 0 Å². The van der Waals surface area contributed by atoms with Gasteiger partial charge in [0.05, 0.1) is 12.6 Å². The molecule has 0 saturated carbocycles. The van der Waals surface area contributed by atoms with Gasteiger partial charge in [0.1, 0.15) is 19.2 Å². The SMILES string of the molecule is C.COc1cc2c(cc1OCc1ccc(F)cc1)CCN1Cc3c(c4ccccc4n3CO)CC21. The van der Waals surface area contributed by atoms with E-state index in [1.807, 2.05) is 10.6 Å². The summed E-state index contributed by atoms with van der Waals surface area (Å²) in [7, 11) is 1.67. The van der Waals surface area contributed by atoms with Crippen molar-refractivity contribution in [1.29, 1.82) is 0 Å². The van der Waals surface area contributed by atoms with Crippen LogP contribution in [0.5, 0.6) is 11.5 Å². The number of halogens is 1. The van der Waals surface area contributed by atoms with Gasteiger partial charge in [0.2, 0.25) is 0 Å². The molecule has 6 heteroatoms. The lowest BCUT2D eigenvalue weighted by Crippen LogP contribution is -2.39. The molecule has 1 N–H and O–H groups in total. The molecule has 1 atom stereocenters. The largest absolute Gasteiger partial charge is 0.493 e. The van der Waals surface area contributed by atoms with E-state index in [4.69, 9.17) is 9.47 Å². The number of hydrogen-bond donors (Lipinski definition) is 1. The van der Waals surface area contributed by atoms with Gasteiger partial charge < -0.3 is 19.1 Å². The van der Waals surface area contributed by atoms with E-state index in [0.717, 1.165) is 37.0 Å².